The van der Waals surface area contributed by atoms with Crippen molar-refractivity contribution in [3.05, 3.63) is 53.4 Å². The summed E-state index contributed by atoms with van der Waals surface area (Å²) in [7, 11) is -2.06. The van der Waals surface area contributed by atoms with Crippen molar-refractivity contribution in [2.45, 2.75) is 0 Å². The predicted octanol–water partition coefficient (Wildman–Crippen LogP) is 2.03. The van der Waals surface area contributed by atoms with Crippen LogP contribution in [-0.4, -0.2) is 35.7 Å². The van der Waals surface area contributed by atoms with Gasteiger partial charge in [0.2, 0.25) is 0 Å². The lowest BCUT2D eigenvalue weighted by molar-refractivity contribution is 0.414. The molecule has 1 aliphatic heterocycles. The largest absolute Gasteiger partial charge is 0.497 e. The smallest absolute Gasteiger partial charge is 0.332 e. The Morgan fingerprint density at radius 1 is 1.12 bits per heavy atom. The molecule has 0 saturated carbocycles. The zero-order chi connectivity index (χ0) is 17.4. The molecular formula is C16H12N4O4S. The lowest BCUT2D eigenvalue weighted by Gasteiger charge is -2.13. The monoisotopic (exact) mass is 356 g/mol. The van der Waals surface area contributed by atoms with E-state index in [0.29, 0.717) is 11.4 Å². The maximum Gasteiger partial charge on any atom is 0.332 e. The Kier molecular flexibility index (Phi) is 3.50. The molecule has 1 aliphatic rings. The summed E-state index contributed by atoms with van der Waals surface area (Å²) < 4.78 is 34.6. The molecule has 1 aromatic heterocycles. The standard InChI is InChI=1S/C16H12N4O4S/c1-23-14-5-3-13(4-6-14)20-16(17-18-19-20)12-2-7-15-11(10-12)8-9-25(21,22)24-15/h2-10H,1H3. The van der Waals surface area contributed by atoms with Gasteiger partial charge in [-0.1, -0.05) is 0 Å². The van der Waals surface area contributed by atoms with Crippen molar-refractivity contribution in [3.63, 3.8) is 0 Å². The van der Waals surface area contributed by atoms with Crippen LogP contribution in [0.5, 0.6) is 11.5 Å². The molecule has 0 aliphatic carbocycles. The molecule has 0 amide bonds. The lowest BCUT2D eigenvalue weighted by Crippen LogP contribution is -2.09. The minimum Gasteiger partial charge on any atom is -0.497 e. The second kappa shape index (κ2) is 5.71. The zero-order valence-electron chi connectivity index (χ0n) is 13.0. The van der Waals surface area contributed by atoms with Crippen LogP contribution in [0.1, 0.15) is 5.56 Å². The Hall–Kier alpha value is -3.20. The highest BCUT2D eigenvalue weighted by Crippen LogP contribution is 2.31. The van der Waals surface area contributed by atoms with Gasteiger partial charge >= 0.3 is 10.1 Å². The van der Waals surface area contributed by atoms with E-state index in [0.717, 1.165) is 22.4 Å². The molecule has 0 unspecified atom stereocenters. The number of methoxy groups -OCH3 is 1. The molecule has 0 atom stereocenters. The normalized spacial score (nSPS) is 14.6. The summed E-state index contributed by atoms with van der Waals surface area (Å²) in [6.07, 6.45) is 1.49. The first-order chi connectivity index (χ1) is 12.1. The average molecular weight is 356 g/mol. The van der Waals surface area contributed by atoms with Gasteiger partial charge in [-0.3, -0.25) is 0 Å². The van der Waals surface area contributed by atoms with Crippen LogP contribution in [-0.2, 0) is 10.1 Å². The highest BCUT2D eigenvalue weighted by atomic mass is 32.2. The van der Waals surface area contributed by atoms with Gasteiger partial charge in [0, 0.05) is 11.1 Å². The van der Waals surface area contributed by atoms with Crippen molar-refractivity contribution in [3.8, 4) is 28.6 Å². The number of aromatic nitrogens is 4. The first-order valence-corrected chi connectivity index (χ1v) is 8.73. The van der Waals surface area contributed by atoms with Crippen LogP contribution in [0.4, 0.5) is 0 Å². The molecule has 25 heavy (non-hydrogen) atoms. The number of fused-ring (bicyclic) bond motifs is 1. The summed E-state index contributed by atoms with van der Waals surface area (Å²) >= 11 is 0. The average Bonchev–Trinajstić information content (AvgIpc) is 3.10. The van der Waals surface area contributed by atoms with Gasteiger partial charge in [0.25, 0.3) is 0 Å². The van der Waals surface area contributed by atoms with Gasteiger partial charge in [0.05, 0.1) is 18.2 Å². The first kappa shape index (κ1) is 15.3. The van der Waals surface area contributed by atoms with Gasteiger partial charge in [-0.2, -0.15) is 13.1 Å². The van der Waals surface area contributed by atoms with E-state index in [-0.39, 0.29) is 5.75 Å². The summed E-state index contributed by atoms with van der Waals surface area (Å²) in [5.74, 6) is 1.53. The number of rotatable bonds is 3. The van der Waals surface area contributed by atoms with E-state index in [2.05, 4.69) is 15.5 Å². The molecule has 2 aromatic carbocycles. The fourth-order valence-electron chi connectivity index (χ4n) is 2.47. The molecule has 2 heterocycles. The number of ether oxygens (including phenoxy) is 1. The Bertz CT molecular complexity index is 1070. The second-order valence-electron chi connectivity index (χ2n) is 5.24. The summed E-state index contributed by atoms with van der Waals surface area (Å²) in [4.78, 5) is 0. The molecule has 0 N–H and O–H groups in total. The molecule has 4 rings (SSSR count). The van der Waals surface area contributed by atoms with Gasteiger partial charge in [-0.15, -0.1) is 5.10 Å². The lowest BCUT2D eigenvalue weighted by atomic mass is 10.1. The van der Waals surface area contributed by atoms with E-state index >= 15 is 0 Å². The predicted molar refractivity (Wildman–Crippen MR) is 89.7 cm³/mol. The van der Waals surface area contributed by atoms with Crippen LogP contribution in [0.3, 0.4) is 0 Å². The third-order valence-corrected chi connectivity index (χ3v) is 4.56. The minimum absolute atomic E-state index is 0.273. The molecule has 126 valence electrons. The summed E-state index contributed by atoms with van der Waals surface area (Å²) in [6, 6.07) is 12.4. The first-order valence-electron chi connectivity index (χ1n) is 7.25. The van der Waals surface area contributed by atoms with Gasteiger partial charge < -0.3 is 8.92 Å². The number of nitrogens with zero attached hydrogens (tertiary/aromatic N) is 4. The van der Waals surface area contributed by atoms with Crippen molar-refractivity contribution in [1.82, 2.24) is 20.2 Å². The van der Waals surface area contributed by atoms with Gasteiger partial charge in [-0.25, -0.2) is 0 Å². The Balaban J connectivity index is 1.76. The Labute approximate surface area is 143 Å². The number of benzene rings is 2. The third-order valence-electron chi connectivity index (χ3n) is 3.67. The van der Waals surface area contributed by atoms with Crippen LogP contribution < -0.4 is 8.92 Å². The molecule has 3 aromatic rings. The second-order valence-corrected chi connectivity index (χ2v) is 6.67. The fraction of sp³-hybridized carbons (Fsp3) is 0.0625. The van der Waals surface area contributed by atoms with Gasteiger partial charge in [0.15, 0.2) is 5.82 Å². The molecule has 0 fully saturated rings. The van der Waals surface area contributed by atoms with Crippen LogP contribution in [0.15, 0.2) is 47.9 Å². The van der Waals surface area contributed by atoms with Crippen molar-refractivity contribution in [2.75, 3.05) is 7.11 Å². The van der Waals surface area contributed by atoms with Crippen molar-refractivity contribution >= 4 is 16.2 Å². The molecule has 0 spiro atoms. The van der Waals surface area contributed by atoms with Gasteiger partial charge in [-0.05, 0) is 59.0 Å². The van der Waals surface area contributed by atoms with Crippen LogP contribution in [0.25, 0.3) is 23.2 Å². The molecular weight excluding hydrogens is 344 g/mol. The van der Waals surface area contributed by atoms with Gasteiger partial charge in [0.1, 0.15) is 11.5 Å². The van der Waals surface area contributed by atoms with Crippen molar-refractivity contribution in [2.24, 2.45) is 0 Å². The molecule has 9 heteroatoms. The van der Waals surface area contributed by atoms with E-state index < -0.39 is 10.1 Å². The Morgan fingerprint density at radius 3 is 2.68 bits per heavy atom. The number of hydrogen-bond donors (Lipinski definition) is 0. The maximum atomic E-state index is 11.5. The molecule has 0 radical (unpaired) electrons. The molecule has 0 bridgehead atoms. The number of hydrogen-bond acceptors (Lipinski definition) is 7. The quantitative estimate of drug-likeness (QED) is 0.663. The van der Waals surface area contributed by atoms with E-state index in [9.17, 15) is 8.42 Å². The van der Waals surface area contributed by atoms with E-state index in [4.69, 9.17) is 8.92 Å². The van der Waals surface area contributed by atoms with Crippen molar-refractivity contribution < 1.29 is 17.3 Å². The zero-order valence-corrected chi connectivity index (χ0v) is 13.8. The third kappa shape index (κ3) is 2.85. The summed E-state index contributed by atoms with van der Waals surface area (Å²) in [6.45, 7) is 0. The van der Waals surface area contributed by atoms with Crippen molar-refractivity contribution in [1.29, 1.82) is 0 Å². The molecule has 0 saturated heterocycles. The summed E-state index contributed by atoms with van der Waals surface area (Å²) in [5.41, 5.74) is 2.14. The molecule has 8 nitrogen and oxygen atoms in total. The highest BCUT2D eigenvalue weighted by Gasteiger charge is 2.19. The topological polar surface area (TPSA) is 96.2 Å². The summed E-state index contributed by atoms with van der Waals surface area (Å²) in [5, 5.41) is 12.9. The van der Waals surface area contributed by atoms with Crippen LogP contribution >= 0.6 is 0 Å². The minimum atomic E-state index is -3.66. The van der Waals surface area contributed by atoms with E-state index in [1.165, 1.54) is 6.08 Å². The maximum absolute atomic E-state index is 11.5. The number of tetrazole rings is 1. The van der Waals surface area contributed by atoms with E-state index in [1.807, 2.05) is 24.3 Å². The van der Waals surface area contributed by atoms with E-state index in [1.54, 1.807) is 30.0 Å². The van der Waals surface area contributed by atoms with Crippen LogP contribution in [0, 0.1) is 0 Å². The SMILES string of the molecule is COc1ccc(-n2nnnc2-c2ccc3c(c2)C=CS(=O)(=O)O3)cc1. The highest BCUT2D eigenvalue weighted by molar-refractivity contribution is 7.90. The fourth-order valence-corrected chi connectivity index (χ4v) is 3.24. The Morgan fingerprint density at radius 2 is 1.92 bits per heavy atom. The van der Waals surface area contributed by atoms with Crippen LogP contribution in [0.2, 0.25) is 0 Å².